The molecule has 2 heterocycles. The van der Waals surface area contributed by atoms with E-state index in [1.165, 1.54) is 4.90 Å². The van der Waals surface area contributed by atoms with Crippen molar-refractivity contribution in [2.24, 2.45) is 0 Å². The lowest BCUT2D eigenvalue weighted by Crippen LogP contribution is -2.54. The van der Waals surface area contributed by atoms with Crippen molar-refractivity contribution in [3.63, 3.8) is 0 Å². The standard InChI is InChI=1S/C15H16F4N2O2/c16-11-7-10(15(17,18)19)8-12(9-11)20-13(22)21-4-1-14(2-5-21)3-6-23-14/h7-9H,1-6H2,(H,20,22). The smallest absolute Gasteiger partial charge is 0.375 e. The number of rotatable bonds is 1. The Balaban J connectivity index is 1.65. The van der Waals surface area contributed by atoms with E-state index in [1.807, 2.05) is 0 Å². The lowest BCUT2D eigenvalue weighted by atomic mass is 9.84. The molecule has 2 fully saturated rings. The number of piperidine rings is 1. The summed E-state index contributed by atoms with van der Waals surface area (Å²) < 4.78 is 56.9. The van der Waals surface area contributed by atoms with E-state index in [4.69, 9.17) is 4.74 Å². The van der Waals surface area contributed by atoms with E-state index in [-0.39, 0.29) is 11.3 Å². The number of hydrogen-bond donors (Lipinski definition) is 1. The van der Waals surface area contributed by atoms with Crippen LogP contribution in [0.4, 0.5) is 28.0 Å². The summed E-state index contributed by atoms with van der Waals surface area (Å²) in [5.41, 5.74) is -1.46. The van der Waals surface area contributed by atoms with E-state index in [1.54, 1.807) is 0 Å². The van der Waals surface area contributed by atoms with Gasteiger partial charge >= 0.3 is 12.2 Å². The fourth-order valence-corrected chi connectivity index (χ4v) is 2.93. The minimum Gasteiger partial charge on any atom is -0.375 e. The molecule has 0 atom stereocenters. The summed E-state index contributed by atoms with van der Waals surface area (Å²) in [6, 6.07) is 1.46. The van der Waals surface area contributed by atoms with E-state index >= 15 is 0 Å². The van der Waals surface area contributed by atoms with Gasteiger partial charge in [0.25, 0.3) is 0 Å². The Kier molecular flexibility index (Phi) is 3.95. The fraction of sp³-hybridized carbons (Fsp3) is 0.533. The van der Waals surface area contributed by atoms with Crippen LogP contribution in [-0.2, 0) is 10.9 Å². The molecule has 0 unspecified atom stereocenters. The largest absolute Gasteiger partial charge is 0.416 e. The van der Waals surface area contributed by atoms with Crippen molar-refractivity contribution in [2.45, 2.75) is 31.0 Å². The number of benzene rings is 1. The third kappa shape index (κ3) is 3.41. The second-order valence-corrected chi connectivity index (χ2v) is 5.93. The predicted molar refractivity (Wildman–Crippen MR) is 74.5 cm³/mol. The topological polar surface area (TPSA) is 41.6 Å². The first-order valence-corrected chi connectivity index (χ1v) is 7.35. The minimum atomic E-state index is -4.67. The van der Waals surface area contributed by atoms with Crippen LogP contribution in [0.25, 0.3) is 0 Å². The maximum Gasteiger partial charge on any atom is 0.416 e. The normalized spacial score (nSPS) is 20.3. The zero-order valence-corrected chi connectivity index (χ0v) is 12.3. The van der Waals surface area contributed by atoms with Crippen molar-refractivity contribution in [1.82, 2.24) is 4.90 Å². The second-order valence-electron chi connectivity index (χ2n) is 5.93. The second kappa shape index (κ2) is 5.67. The van der Waals surface area contributed by atoms with Gasteiger partial charge in [-0.1, -0.05) is 0 Å². The monoisotopic (exact) mass is 332 g/mol. The molecule has 8 heteroatoms. The molecule has 1 N–H and O–H groups in total. The van der Waals surface area contributed by atoms with Crippen molar-refractivity contribution >= 4 is 11.7 Å². The number of halogens is 4. The molecule has 2 aliphatic heterocycles. The summed E-state index contributed by atoms with van der Waals surface area (Å²) in [7, 11) is 0. The van der Waals surface area contributed by atoms with Gasteiger partial charge in [0.05, 0.1) is 17.8 Å². The number of hydrogen-bond acceptors (Lipinski definition) is 2. The van der Waals surface area contributed by atoms with Gasteiger partial charge in [0.15, 0.2) is 0 Å². The number of anilines is 1. The van der Waals surface area contributed by atoms with E-state index in [0.29, 0.717) is 32.0 Å². The van der Waals surface area contributed by atoms with Crippen LogP contribution in [0, 0.1) is 5.82 Å². The van der Waals surface area contributed by atoms with Gasteiger partial charge < -0.3 is 15.0 Å². The van der Waals surface area contributed by atoms with Gasteiger partial charge in [0.2, 0.25) is 0 Å². The first-order valence-electron chi connectivity index (χ1n) is 7.35. The number of nitrogens with zero attached hydrogens (tertiary/aromatic N) is 1. The van der Waals surface area contributed by atoms with Crippen LogP contribution in [0.15, 0.2) is 18.2 Å². The van der Waals surface area contributed by atoms with Crippen LogP contribution in [-0.4, -0.2) is 36.2 Å². The summed E-state index contributed by atoms with van der Waals surface area (Å²) in [4.78, 5) is 13.6. The molecule has 23 heavy (non-hydrogen) atoms. The summed E-state index contributed by atoms with van der Waals surface area (Å²) in [6.07, 6.45) is -2.28. The summed E-state index contributed by atoms with van der Waals surface area (Å²) in [5, 5.41) is 2.33. The van der Waals surface area contributed by atoms with Gasteiger partial charge in [-0.15, -0.1) is 0 Å². The molecule has 2 aliphatic rings. The molecule has 0 radical (unpaired) electrons. The fourth-order valence-electron chi connectivity index (χ4n) is 2.93. The van der Waals surface area contributed by atoms with Gasteiger partial charge in [0.1, 0.15) is 5.82 Å². The number of ether oxygens (including phenoxy) is 1. The van der Waals surface area contributed by atoms with E-state index < -0.39 is 23.6 Å². The predicted octanol–water partition coefficient (Wildman–Crippen LogP) is 3.63. The highest BCUT2D eigenvalue weighted by Gasteiger charge is 2.42. The number of nitrogens with one attached hydrogen (secondary N) is 1. The van der Waals surface area contributed by atoms with Crippen LogP contribution >= 0.6 is 0 Å². The number of likely N-dealkylation sites (tertiary alicyclic amines) is 1. The molecule has 0 aliphatic carbocycles. The molecule has 0 saturated carbocycles. The molecule has 3 rings (SSSR count). The van der Waals surface area contributed by atoms with E-state index in [2.05, 4.69) is 5.32 Å². The average Bonchev–Trinajstić information content (AvgIpc) is 2.44. The zero-order chi connectivity index (χ0) is 16.7. The summed E-state index contributed by atoms with van der Waals surface area (Å²) in [6.45, 7) is 1.66. The van der Waals surface area contributed by atoms with E-state index in [0.717, 1.165) is 25.2 Å². The molecule has 1 spiro atoms. The van der Waals surface area contributed by atoms with Gasteiger partial charge in [-0.3, -0.25) is 0 Å². The van der Waals surface area contributed by atoms with Gasteiger partial charge in [-0.05, 0) is 37.5 Å². The molecular formula is C15H16F4N2O2. The highest BCUT2D eigenvalue weighted by Crippen LogP contribution is 2.37. The molecule has 0 aromatic heterocycles. The molecule has 2 amide bonds. The number of urea groups is 1. The Labute approximate surface area is 130 Å². The number of carbonyl (C=O) groups excluding carboxylic acids is 1. The highest BCUT2D eigenvalue weighted by atomic mass is 19.4. The van der Waals surface area contributed by atoms with Crippen molar-refractivity contribution < 1.29 is 27.1 Å². The molecule has 2 saturated heterocycles. The summed E-state index contributed by atoms with van der Waals surface area (Å²) >= 11 is 0. The van der Waals surface area contributed by atoms with Crippen LogP contribution < -0.4 is 5.32 Å². The van der Waals surface area contributed by atoms with Gasteiger partial charge in [-0.25, -0.2) is 9.18 Å². The lowest BCUT2D eigenvalue weighted by molar-refractivity contribution is -0.168. The quantitative estimate of drug-likeness (QED) is 0.798. The van der Waals surface area contributed by atoms with Crippen molar-refractivity contribution in [1.29, 1.82) is 0 Å². The zero-order valence-electron chi connectivity index (χ0n) is 12.3. The first kappa shape index (κ1) is 16.0. The lowest BCUT2D eigenvalue weighted by Gasteiger charge is -2.47. The number of amides is 2. The van der Waals surface area contributed by atoms with Crippen LogP contribution in [0.5, 0.6) is 0 Å². The maximum absolute atomic E-state index is 13.3. The SMILES string of the molecule is O=C(Nc1cc(F)cc(C(F)(F)F)c1)N1CCC2(CCO2)CC1. The third-order valence-corrected chi connectivity index (χ3v) is 4.40. The van der Waals surface area contributed by atoms with Crippen molar-refractivity contribution in [2.75, 3.05) is 25.0 Å². The molecule has 0 bridgehead atoms. The van der Waals surface area contributed by atoms with Crippen molar-refractivity contribution in [3.8, 4) is 0 Å². The Bertz CT molecular complexity index is 604. The average molecular weight is 332 g/mol. The van der Waals surface area contributed by atoms with Crippen LogP contribution in [0.2, 0.25) is 0 Å². The molecule has 4 nitrogen and oxygen atoms in total. The Hall–Kier alpha value is -1.83. The Morgan fingerprint density at radius 3 is 2.35 bits per heavy atom. The van der Waals surface area contributed by atoms with Crippen molar-refractivity contribution in [3.05, 3.63) is 29.6 Å². The Morgan fingerprint density at radius 1 is 1.17 bits per heavy atom. The van der Waals surface area contributed by atoms with E-state index in [9.17, 15) is 22.4 Å². The molecule has 1 aromatic rings. The van der Waals surface area contributed by atoms with Crippen LogP contribution in [0.1, 0.15) is 24.8 Å². The number of carbonyl (C=O) groups is 1. The van der Waals surface area contributed by atoms with Crippen LogP contribution in [0.3, 0.4) is 0 Å². The molecule has 126 valence electrons. The van der Waals surface area contributed by atoms with Gasteiger partial charge in [0, 0.05) is 18.8 Å². The first-order chi connectivity index (χ1) is 10.8. The third-order valence-electron chi connectivity index (χ3n) is 4.40. The summed E-state index contributed by atoms with van der Waals surface area (Å²) in [5.74, 6) is -1.05. The molecule has 1 aromatic carbocycles. The molecular weight excluding hydrogens is 316 g/mol. The van der Waals surface area contributed by atoms with Gasteiger partial charge in [-0.2, -0.15) is 13.2 Å². The number of alkyl halides is 3. The maximum atomic E-state index is 13.3. The minimum absolute atomic E-state index is 0.126. The highest BCUT2D eigenvalue weighted by molar-refractivity contribution is 5.89. The Morgan fingerprint density at radius 2 is 1.83 bits per heavy atom.